The number of fused-ring (bicyclic) bond motifs is 1. The molecule has 7 heteroatoms. The average Bonchev–Trinajstić information content (AvgIpc) is 3.05. The van der Waals surface area contributed by atoms with Crippen LogP contribution in [0.3, 0.4) is 0 Å². The van der Waals surface area contributed by atoms with E-state index in [-0.39, 0.29) is 10.7 Å². The van der Waals surface area contributed by atoms with Gasteiger partial charge in [-0.15, -0.1) is 0 Å². The second kappa shape index (κ2) is 6.96. The van der Waals surface area contributed by atoms with E-state index in [1.165, 1.54) is 6.07 Å². The molecule has 0 radical (unpaired) electrons. The van der Waals surface area contributed by atoms with Crippen LogP contribution in [0, 0.1) is 13.8 Å². The van der Waals surface area contributed by atoms with Crippen LogP contribution in [0.15, 0.2) is 70.1 Å². The predicted molar refractivity (Wildman–Crippen MR) is 111 cm³/mol. The lowest BCUT2D eigenvalue weighted by molar-refractivity contribution is 0.400. The fraction of sp³-hybridized carbons (Fsp3) is 0.0952. The van der Waals surface area contributed by atoms with Gasteiger partial charge in [-0.2, -0.15) is 0 Å². The highest BCUT2D eigenvalue weighted by Crippen LogP contribution is 2.33. The summed E-state index contributed by atoms with van der Waals surface area (Å²) in [7, 11) is -3.77. The number of nitrogens with zero attached hydrogens (tertiary/aromatic N) is 1. The molecule has 0 bridgehead atoms. The Kier molecular flexibility index (Phi) is 4.61. The first kappa shape index (κ1) is 18.5. The number of hydrogen-bond acceptors (Lipinski definition) is 4. The molecular formula is C21H17ClN2O3S. The average molecular weight is 413 g/mol. The molecule has 1 aromatic heterocycles. The van der Waals surface area contributed by atoms with Crippen LogP contribution in [0.25, 0.3) is 21.9 Å². The molecule has 1 heterocycles. The normalized spacial score (nSPS) is 11.7. The fourth-order valence-electron chi connectivity index (χ4n) is 3.20. The van der Waals surface area contributed by atoms with Gasteiger partial charge in [-0.1, -0.05) is 47.1 Å². The second-order valence-electron chi connectivity index (χ2n) is 6.58. The van der Waals surface area contributed by atoms with E-state index in [1.54, 1.807) is 19.1 Å². The highest BCUT2D eigenvalue weighted by molar-refractivity contribution is 7.92. The van der Waals surface area contributed by atoms with Crippen molar-refractivity contribution in [1.29, 1.82) is 0 Å². The Bertz CT molecular complexity index is 1300. The molecular weight excluding hydrogens is 396 g/mol. The van der Waals surface area contributed by atoms with Crippen molar-refractivity contribution < 1.29 is 12.9 Å². The van der Waals surface area contributed by atoms with Gasteiger partial charge in [-0.25, -0.2) is 8.42 Å². The molecule has 0 saturated heterocycles. The van der Waals surface area contributed by atoms with Crippen molar-refractivity contribution >= 4 is 38.2 Å². The molecule has 3 aromatic carbocycles. The third-order valence-corrected chi connectivity index (χ3v) is 6.10. The smallest absolute Gasteiger partial charge is 0.263 e. The maximum absolute atomic E-state index is 12.7. The van der Waals surface area contributed by atoms with Gasteiger partial charge in [-0.3, -0.25) is 4.72 Å². The van der Waals surface area contributed by atoms with Crippen molar-refractivity contribution in [1.82, 2.24) is 5.16 Å². The number of anilines is 1. The lowest BCUT2D eigenvalue weighted by Crippen LogP contribution is -2.13. The maximum atomic E-state index is 12.7. The van der Waals surface area contributed by atoms with Crippen molar-refractivity contribution in [2.24, 2.45) is 0 Å². The molecule has 142 valence electrons. The van der Waals surface area contributed by atoms with E-state index in [1.807, 2.05) is 49.4 Å². The van der Waals surface area contributed by atoms with Gasteiger partial charge in [0.15, 0.2) is 5.82 Å². The van der Waals surface area contributed by atoms with E-state index in [0.717, 1.165) is 27.5 Å². The Labute approximate surface area is 168 Å². The van der Waals surface area contributed by atoms with E-state index < -0.39 is 10.0 Å². The van der Waals surface area contributed by atoms with Crippen molar-refractivity contribution in [2.75, 3.05) is 4.72 Å². The van der Waals surface area contributed by atoms with Crippen molar-refractivity contribution in [3.05, 3.63) is 77.0 Å². The van der Waals surface area contributed by atoms with Gasteiger partial charge in [0.1, 0.15) is 5.76 Å². The SMILES string of the molecule is Cc1cc(NS(=O)(=O)c2ccc3c(-c4ccc(Cl)cc4C)cccc3c2)no1. The molecule has 0 saturated carbocycles. The van der Waals surface area contributed by atoms with Crippen molar-refractivity contribution in [3.8, 4) is 11.1 Å². The minimum Gasteiger partial charge on any atom is -0.360 e. The number of hydrogen-bond donors (Lipinski definition) is 1. The van der Waals surface area contributed by atoms with Crippen LogP contribution in [0.1, 0.15) is 11.3 Å². The standard InChI is InChI=1S/C21H17ClN2O3S/c1-13-10-16(22)6-8-18(13)20-5-3-4-15-12-17(7-9-19(15)20)28(25,26)24-21-11-14(2)27-23-21/h3-12H,1-2H3,(H,23,24). The van der Waals surface area contributed by atoms with Gasteiger partial charge in [-0.05, 0) is 65.6 Å². The molecule has 0 spiro atoms. The minimum atomic E-state index is -3.77. The first-order valence-corrected chi connectivity index (χ1v) is 10.4. The van der Waals surface area contributed by atoms with Crippen molar-refractivity contribution in [2.45, 2.75) is 18.7 Å². The highest BCUT2D eigenvalue weighted by Gasteiger charge is 2.17. The van der Waals surface area contributed by atoms with Gasteiger partial charge in [0.25, 0.3) is 10.0 Å². The molecule has 0 amide bonds. The van der Waals surface area contributed by atoms with Crippen LogP contribution < -0.4 is 4.72 Å². The minimum absolute atomic E-state index is 0.156. The number of nitrogens with one attached hydrogen (secondary N) is 1. The summed E-state index contributed by atoms with van der Waals surface area (Å²) < 4.78 is 32.7. The van der Waals surface area contributed by atoms with Gasteiger partial charge in [0.05, 0.1) is 4.90 Å². The molecule has 0 unspecified atom stereocenters. The summed E-state index contributed by atoms with van der Waals surface area (Å²) in [6.07, 6.45) is 0. The summed E-state index contributed by atoms with van der Waals surface area (Å²) in [5.41, 5.74) is 3.14. The van der Waals surface area contributed by atoms with Gasteiger partial charge in [0, 0.05) is 11.1 Å². The summed E-state index contributed by atoms with van der Waals surface area (Å²) >= 11 is 6.08. The molecule has 4 rings (SSSR count). The van der Waals surface area contributed by atoms with Crippen LogP contribution in [-0.4, -0.2) is 13.6 Å². The van der Waals surface area contributed by atoms with E-state index >= 15 is 0 Å². The Morgan fingerprint density at radius 1 is 0.964 bits per heavy atom. The van der Waals surface area contributed by atoms with Crippen LogP contribution in [-0.2, 0) is 10.0 Å². The number of rotatable bonds is 4. The number of benzene rings is 3. The molecule has 4 aromatic rings. The van der Waals surface area contributed by atoms with E-state index in [9.17, 15) is 8.42 Å². The van der Waals surface area contributed by atoms with Gasteiger partial charge >= 0.3 is 0 Å². The molecule has 0 atom stereocenters. The number of halogens is 1. The Balaban J connectivity index is 1.78. The summed E-state index contributed by atoms with van der Waals surface area (Å²) in [6.45, 7) is 3.70. The fourth-order valence-corrected chi connectivity index (χ4v) is 4.45. The van der Waals surface area contributed by atoms with E-state index in [0.29, 0.717) is 10.8 Å². The lowest BCUT2D eigenvalue weighted by atomic mass is 9.95. The molecule has 0 aliphatic carbocycles. The molecule has 0 aliphatic rings. The first-order valence-electron chi connectivity index (χ1n) is 8.59. The molecule has 5 nitrogen and oxygen atoms in total. The van der Waals surface area contributed by atoms with Gasteiger partial charge < -0.3 is 4.52 Å². The van der Waals surface area contributed by atoms with Crippen LogP contribution in [0.4, 0.5) is 5.82 Å². The van der Waals surface area contributed by atoms with Gasteiger partial charge in [0.2, 0.25) is 0 Å². The van der Waals surface area contributed by atoms with Crippen LogP contribution in [0.5, 0.6) is 0 Å². The van der Waals surface area contributed by atoms with Crippen LogP contribution >= 0.6 is 11.6 Å². The third kappa shape index (κ3) is 3.48. The van der Waals surface area contributed by atoms with Crippen molar-refractivity contribution in [3.63, 3.8) is 0 Å². The summed E-state index contributed by atoms with van der Waals surface area (Å²) in [5, 5.41) is 6.15. The highest BCUT2D eigenvalue weighted by atomic mass is 35.5. The van der Waals surface area contributed by atoms with E-state index in [4.69, 9.17) is 16.1 Å². The lowest BCUT2D eigenvalue weighted by Gasteiger charge is -2.12. The number of aromatic nitrogens is 1. The zero-order valence-corrected chi connectivity index (χ0v) is 16.8. The number of sulfonamides is 1. The Morgan fingerprint density at radius 2 is 1.79 bits per heavy atom. The summed E-state index contributed by atoms with van der Waals surface area (Å²) in [5.74, 6) is 0.683. The molecule has 0 fully saturated rings. The van der Waals surface area contributed by atoms with Crippen LogP contribution in [0.2, 0.25) is 5.02 Å². The first-order chi connectivity index (χ1) is 13.3. The summed E-state index contributed by atoms with van der Waals surface area (Å²) in [4.78, 5) is 0.158. The largest absolute Gasteiger partial charge is 0.360 e. The Morgan fingerprint density at radius 3 is 2.50 bits per heavy atom. The zero-order valence-electron chi connectivity index (χ0n) is 15.2. The third-order valence-electron chi connectivity index (χ3n) is 4.51. The monoisotopic (exact) mass is 412 g/mol. The Hall–Kier alpha value is -2.83. The molecule has 1 N–H and O–H groups in total. The summed E-state index contributed by atoms with van der Waals surface area (Å²) in [6, 6.07) is 18.2. The zero-order chi connectivity index (χ0) is 19.9. The second-order valence-corrected chi connectivity index (χ2v) is 8.69. The number of aryl methyl sites for hydroxylation is 2. The quantitative estimate of drug-likeness (QED) is 0.475. The van der Waals surface area contributed by atoms with E-state index in [2.05, 4.69) is 9.88 Å². The topological polar surface area (TPSA) is 72.2 Å². The maximum Gasteiger partial charge on any atom is 0.263 e. The predicted octanol–water partition coefficient (Wildman–Crippen LogP) is 5.57. The molecule has 28 heavy (non-hydrogen) atoms. The molecule has 0 aliphatic heterocycles.